The summed E-state index contributed by atoms with van der Waals surface area (Å²) in [5.74, 6) is -0.181. The summed E-state index contributed by atoms with van der Waals surface area (Å²) in [4.78, 5) is 34.8. The Labute approximate surface area is 178 Å². The highest BCUT2D eigenvalue weighted by atomic mass is 16.6. The van der Waals surface area contributed by atoms with Gasteiger partial charge in [0.2, 0.25) is 5.91 Å². The number of urea groups is 1. The Kier molecular flexibility index (Phi) is 7.60. The first-order valence-corrected chi connectivity index (χ1v) is 10.6. The summed E-state index contributed by atoms with van der Waals surface area (Å²) >= 11 is 0. The van der Waals surface area contributed by atoms with E-state index in [0.717, 1.165) is 24.0 Å². The Balaban J connectivity index is 1.67. The number of rotatable bonds is 9. The van der Waals surface area contributed by atoms with Crippen molar-refractivity contribution < 1.29 is 14.4 Å². The third-order valence-corrected chi connectivity index (χ3v) is 5.65. The van der Waals surface area contributed by atoms with Gasteiger partial charge in [-0.2, -0.15) is 5.48 Å². The molecule has 0 spiro atoms. The maximum Gasteiger partial charge on any atom is 0.327 e. The fourth-order valence-electron chi connectivity index (χ4n) is 3.91. The molecule has 1 heterocycles. The van der Waals surface area contributed by atoms with E-state index in [9.17, 15) is 9.59 Å². The van der Waals surface area contributed by atoms with Crippen LogP contribution >= 0.6 is 0 Å². The highest BCUT2D eigenvalue weighted by Crippen LogP contribution is 2.35. The first-order valence-electron chi connectivity index (χ1n) is 10.6. The van der Waals surface area contributed by atoms with Crippen LogP contribution < -0.4 is 5.48 Å². The number of likely N-dealkylation sites (N-methyl/N-ethyl adjacent to an activating group) is 1. The normalized spacial score (nSPS) is 19.9. The Bertz CT molecular complexity index is 828. The number of hydroxylamine groups is 1. The lowest BCUT2D eigenvalue weighted by Crippen LogP contribution is -2.41. The van der Waals surface area contributed by atoms with E-state index in [1.54, 1.807) is 11.9 Å². The first kappa shape index (κ1) is 22.0. The number of nitrogens with zero attached hydrogens (tertiary/aromatic N) is 2. The number of amides is 3. The van der Waals surface area contributed by atoms with Gasteiger partial charge in [0.1, 0.15) is 0 Å². The molecule has 2 aromatic carbocycles. The van der Waals surface area contributed by atoms with Crippen LogP contribution in [-0.2, 0) is 16.2 Å². The fourth-order valence-corrected chi connectivity index (χ4v) is 3.91. The molecule has 160 valence electrons. The van der Waals surface area contributed by atoms with Crippen LogP contribution in [0.5, 0.6) is 0 Å². The third kappa shape index (κ3) is 5.07. The second-order valence-electron chi connectivity index (χ2n) is 7.84. The van der Waals surface area contributed by atoms with Gasteiger partial charge < -0.3 is 4.90 Å². The van der Waals surface area contributed by atoms with Crippen LogP contribution in [0.25, 0.3) is 0 Å². The lowest BCUT2D eigenvalue weighted by Gasteiger charge is -2.26. The topological polar surface area (TPSA) is 61.9 Å². The molecule has 0 unspecified atom stereocenters. The summed E-state index contributed by atoms with van der Waals surface area (Å²) in [6, 6.07) is 18.8. The molecule has 0 aromatic heterocycles. The quantitative estimate of drug-likeness (QED) is 0.628. The Hall–Kier alpha value is -2.70. The molecule has 0 saturated carbocycles. The predicted octanol–water partition coefficient (Wildman–Crippen LogP) is 4.29. The van der Waals surface area contributed by atoms with Gasteiger partial charge in [-0.15, -0.1) is 0 Å². The van der Waals surface area contributed by atoms with Crippen molar-refractivity contribution in [2.45, 2.75) is 57.8 Å². The monoisotopic (exact) mass is 409 g/mol. The molecule has 1 fully saturated rings. The van der Waals surface area contributed by atoms with Crippen LogP contribution in [0.4, 0.5) is 4.79 Å². The van der Waals surface area contributed by atoms with Crippen LogP contribution in [0, 0.1) is 0 Å². The fraction of sp³-hybridized carbons (Fsp3) is 0.417. The van der Waals surface area contributed by atoms with Crippen molar-refractivity contribution >= 4 is 11.9 Å². The van der Waals surface area contributed by atoms with Gasteiger partial charge in [-0.1, -0.05) is 74.0 Å². The maximum atomic E-state index is 13.2. The van der Waals surface area contributed by atoms with Gasteiger partial charge in [-0.25, -0.2) is 4.79 Å². The molecular formula is C24H31N3O3. The van der Waals surface area contributed by atoms with Crippen molar-refractivity contribution in [1.29, 1.82) is 0 Å². The molecule has 6 nitrogen and oxygen atoms in total. The lowest BCUT2D eigenvalue weighted by atomic mass is 9.99. The van der Waals surface area contributed by atoms with Gasteiger partial charge in [0, 0.05) is 19.5 Å². The third-order valence-electron chi connectivity index (χ3n) is 5.65. The summed E-state index contributed by atoms with van der Waals surface area (Å²) in [6.07, 6.45) is 1.90. The number of hydrogen-bond donors (Lipinski definition) is 1. The van der Waals surface area contributed by atoms with Crippen molar-refractivity contribution in [2.75, 3.05) is 7.05 Å². The van der Waals surface area contributed by atoms with Crippen molar-refractivity contribution in [3.05, 3.63) is 71.8 Å². The Morgan fingerprint density at radius 2 is 1.73 bits per heavy atom. The average molecular weight is 410 g/mol. The summed E-state index contributed by atoms with van der Waals surface area (Å²) < 4.78 is 0. The van der Waals surface area contributed by atoms with Gasteiger partial charge >= 0.3 is 6.03 Å². The van der Waals surface area contributed by atoms with E-state index in [2.05, 4.69) is 12.4 Å². The SMILES string of the molecule is CCC[C@H](CC(=O)N1C(=O)N(C)[C@@H](C)[C@H]1c1ccccc1)NOCc1ccccc1. The minimum absolute atomic E-state index is 0.0873. The van der Waals surface area contributed by atoms with Crippen LogP contribution in [-0.4, -0.2) is 40.9 Å². The van der Waals surface area contributed by atoms with Crippen LogP contribution in [0.15, 0.2) is 60.7 Å². The van der Waals surface area contributed by atoms with E-state index >= 15 is 0 Å². The largest absolute Gasteiger partial charge is 0.327 e. The molecule has 1 saturated heterocycles. The number of benzene rings is 2. The molecule has 2 aromatic rings. The van der Waals surface area contributed by atoms with E-state index < -0.39 is 0 Å². The van der Waals surface area contributed by atoms with E-state index in [0.29, 0.717) is 6.61 Å². The van der Waals surface area contributed by atoms with Crippen molar-refractivity contribution in [3.63, 3.8) is 0 Å². The summed E-state index contributed by atoms with van der Waals surface area (Å²) in [5, 5.41) is 0. The minimum Gasteiger partial charge on any atom is -0.322 e. The lowest BCUT2D eigenvalue weighted by molar-refractivity contribution is -0.131. The molecule has 3 rings (SSSR count). The van der Waals surface area contributed by atoms with Gasteiger partial charge in [-0.05, 0) is 24.5 Å². The van der Waals surface area contributed by atoms with Crippen LogP contribution in [0.2, 0.25) is 0 Å². The zero-order chi connectivity index (χ0) is 21.5. The van der Waals surface area contributed by atoms with Crippen molar-refractivity contribution in [1.82, 2.24) is 15.3 Å². The number of carbonyl (C=O) groups is 2. The maximum absolute atomic E-state index is 13.2. The second-order valence-corrected chi connectivity index (χ2v) is 7.84. The van der Waals surface area contributed by atoms with Gasteiger partial charge in [0.25, 0.3) is 0 Å². The smallest absolute Gasteiger partial charge is 0.322 e. The van der Waals surface area contributed by atoms with E-state index in [1.165, 1.54) is 4.90 Å². The molecule has 3 atom stereocenters. The molecule has 6 heteroatoms. The Morgan fingerprint density at radius 1 is 1.10 bits per heavy atom. The molecule has 1 aliphatic heterocycles. The molecule has 1 aliphatic rings. The highest BCUT2D eigenvalue weighted by Gasteiger charge is 2.45. The molecular weight excluding hydrogens is 378 g/mol. The molecule has 3 amide bonds. The average Bonchev–Trinajstić information content (AvgIpc) is 2.99. The first-order chi connectivity index (χ1) is 14.5. The molecule has 0 bridgehead atoms. The number of hydrogen-bond acceptors (Lipinski definition) is 4. The van der Waals surface area contributed by atoms with Crippen molar-refractivity contribution in [2.24, 2.45) is 0 Å². The zero-order valence-electron chi connectivity index (χ0n) is 18.0. The van der Waals surface area contributed by atoms with E-state index in [4.69, 9.17) is 4.84 Å². The highest BCUT2D eigenvalue weighted by molar-refractivity contribution is 5.97. The summed E-state index contributed by atoms with van der Waals surface area (Å²) in [5.41, 5.74) is 5.07. The van der Waals surface area contributed by atoms with Gasteiger partial charge in [0.15, 0.2) is 0 Å². The summed E-state index contributed by atoms with van der Waals surface area (Å²) in [6.45, 7) is 4.47. The van der Waals surface area contributed by atoms with Gasteiger partial charge in [-0.3, -0.25) is 14.5 Å². The molecule has 0 radical (unpaired) electrons. The zero-order valence-corrected chi connectivity index (χ0v) is 18.0. The van der Waals surface area contributed by atoms with Crippen LogP contribution in [0.3, 0.4) is 0 Å². The second kappa shape index (κ2) is 10.4. The Morgan fingerprint density at radius 3 is 2.37 bits per heavy atom. The molecule has 0 aliphatic carbocycles. The van der Waals surface area contributed by atoms with Crippen LogP contribution in [0.1, 0.15) is 50.3 Å². The predicted molar refractivity (Wildman–Crippen MR) is 116 cm³/mol. The molecule has 1 N–H and O–H groups in total. The number of imide groups is 1. The number of nitrogens with one attached hydrogen (secondary N) is 1. The van der Waals surface area contributed by atoms with Gasteiger partial charge in [0.05, 0.1) is 18.7 Å². The van der Waals surface area contributed by atoms with E-state index in [-0.39, 0.29) is 36.5 Å². The minimum atomic E-state index is -0.288. The standard InChI is InChI=1S/C24H31N3O3/c1-4-11-21(25-30-17-19-12-7-5-8-13-19)16-22(28)27-23(18(2)26(3)24(27)29)20-14-9-6-10-15-20/h5-10,12-15,18,21,23,25H,4,11,16-17H2,1-3H3/t18-,21+,23-/m0/s1. The molecule has 30 heavy (non-hydrogen) atoms. The van der Waals surface area contributed by atoms with E-state index in [1.807, 2.05) is 67.6 Å². The number of carbonyl (C=O) groups excluding carboxylic acids is 2. The summed E-state index contributed by atoms with van der Waals surface area (Å²) in [7, 11) is 1.75. The van der Waals surface area contributed by atoms with Crippen molar-refractivity contribution in [3.8, 4) is 0 Å².